The number of H-pyrrole nitrogens is 1. The first-order chi connectivity index (χ1) is 19.3. The number of nitrogens with zero attached hydrogens (tertiary/aromatic N) is 4. The molecule has 13 heteroatoms. The molecule has 0 saturated carbocycles. The Bertz CT molecular complexity index is 1580. The molecule has 0 amide bonds. The first-order valence-corrected chi connectivity index (χ1v) is 13.4. The highest BCUT2D eigenvalue weighted by molar-refractivity contribution is 6.21. The van der Waals surface area contributed by atoms with Gasteiger partial charge in [0.2, 0.25) is 5.71 Å². The van der Waals surface area contributed by atoms with Crippen LogP contribution < -0.4 is 22.4 Å². The zero-order chi connectivity index (χ0) is 28.4. The number of non-ortho nitro benzene ring substituents is 1. The van der Waals surface area contributed by atoms with Gasteiger partial charge in [0.05, 0.1) is 40.1 Å². The smallest absolute Gasteiger partial charge is 0.311 e. The third-order valence-electron chi connectivity index (χ3n) is 7.96. The summed E-state index contributed by atoms with van der Waals surface area (Å²) in [5.41, 5.74) is 6.14. The Morgan fingerprint density at radius 1 is 1.15 bits per heavy atom. The summed E-state index contributed by atoms with van der Waals surface area (Å²) in [6, 6.07) is 11.5. The van der Waals surface area contributed by atoms with E-state index in [0.29, 0.717) is 12.1 Å². The fraction of sp³-hybridized carbons (Fsp3) is 0.393. The summed E-state index contributed by atoms with van der Waals surface area (Å²) in [5.74, 6) is -0.445. The summed E-state index contributed by atoms with van der Waals surface area (Å²) < 4.78 is 7.66. The molecular weight excluding hydrogens is 596 g/mol. The Labute approximate surface area is 246 Å². The van der Waals surface area contributed by atoms with Crippen molar-refractivity contribution in [2.45, 2.75) is 46.0 Å². The molecule has 41 heavy (non-hydrogen) atoms. The van der Waals surface area contributed by atoms with Gasteiger partial charge in [0.15, 0.2) is 0 Å². The predicted octanol–water partition coefficient (Wildman–Crippen LogP) is 1.96. The number of nitro benzene ring substituents is 2. The van der Waals surface area contributed by atoms with E-state index in [2.05, 4.69) is 39.1 Å². The highest BCUT2D eigenvalue weighted by Crippen LogP contribution is 2.42. The number of rotatable bonds is 9. The van der Waals surface area contributed by atoms with E-state index in [4.69, 9.17) is 4.74 Å². The van der Waals surface area contributed by atoms with Crippen molar-refractivity contribution in [3.63, 3.8) is 0 Å². The number of para-hydroxylation sites is 1. The Kier molecular flexibility index (Phi) is 8.86. The summed E-state index contributed by atoms with van der Waals surface area (Å²) in [4.78, 5) is 38.0. The van der Waals surface area contributed by atoms with Crippen LogP contribution in [0.2, 0.25) is 0 Å². The molecule has 0 aliphatic carbocycles. The second kappa shape index (κ2) is 12.2. The number of halogens is 1. The third kappa shape index (κ3) is 5.45. The summed E-state index contributed by atoms with van der Waals surface area (Å²) in [5, 5.41) is 28.8. The van der Waals surface area contributed by atoms with Crippen LogP contribution in [-0.2, 0) is 16.0 Å². The summed E-state index contributed by atoms with van der Waals surface area (Å²) in [6.07, 6.45) is 3.03. The maximum absolute atomic E-state index is 12.9. The lowest BCUT2D eigenvalue weighted by molar-refractivity contribution is -0.537. The van der Waals surface area contributed by atoms with Crippen LogP contribution in [-0.4, -0.2) is 56.5 Å². The Morgan fingerprint density at radius 3 is 2.63 bits per heavy atom. The monoisotopic (exact) mass is 626 g/mol. The molecule has 3 aromatic rings. The topological polar surface area (TPSA) is 156 Å². The maximum atomic E-state index is 12.9. The van der Waals surface area contributed by atoms with E-state index in [1.54, 1.807) is 6.92 Å². The molecule has 5 rings (SSSR count). The SMILES string of the molecule is CCOC(=O)CC(=NNc1ccc([N+](=O)[O-])cc1[N+](=O)[O-])C1(CC)CCC[N+]2=C1c1[nH]c3ccccc3c1CC2.[Br-]. The Balaban J connectivity index is 0.00000387. The van der Waals surface area contributed by atoms with Crippen LogP contribution in [0.1, 0.15) is 50.8 Å². The lowest BCUT2D eigenvalue weighted by Gasteiger charge is -2.38. The molecule has 12 nitrogen and oxygen atoms in total. The van der Waals surface area contributed by atoms with Crippen molar-refractivity contribution >= 4 is 45.4 Å². The van der Waals surface area contributed by atoms with Crippen molar-refractivity contribution in [1.29, 1.82) is 0 Å². The van der Waals surface area contributed by atoms with Crippen molar-refractivity contribution in [2.75, 3.05) is 25.1 Å². The molecule has 1 aromatic heterocycles. The van der Waals surface area contributed by atoms with Gasteiger partial charge in [0, 0.05) is 29.8 Å². The normalized spacial score (nSPS) is 18.2. The lowest BCUT2D eigenvalue weighted by atomic mass is 9.67. The number of esters is 1. The Morgan fingerprint density at radius 2 is 1.93 bits per heavy atom. The molecule has 1 unspecified atom stereocenters. The van der Waals surface area contributed by atoms with E-state index in [1.807, 2.05) is 12.1 Å². The van der Waals surface area contributed by atoms with E-state index in [-0.39, 0.29) is 35.7 Å². The zero-order valence-electron chi connectivity index (χ0n) is 22.8. The molecule has 0 saturated heterocycles. The lowest BCUT2D eigenvalue weighted by Crippen LogP contribution is -3.00. The fourth-order valence-corrected chi connectivity index (χ4v) is 6.13. The van der Waals surface area contributed by atoms with Crippen LogP contribution in [0.5, 0.6) is 0 Å². The molecule has 0 fully saturated rings. The first kappa shape index (κ1) is 29.8. The van der Waals surface area contributed by atoms with E-state index in [0.717, 1.165) is 55.3 Å². The average Bonchev–Trinajstić information content (AvgIpc) is 3.33. The number of carbonyl (C=O) groups is 1. The van der Waals surface area contributed by atoms with Crippen LogP contribution in [0.4, 0.5) is 17.1 Å². The number of anilines is 1. The third-order valence-corrected chi connectivity index (χ3v) is 7.96. The van der Waals surface area contributed by atoms with Crippen LogP contribution >= 0.6 is 0 Å². The summed E-state index contributed by atoms with van der Waals surface area (Å²) in [6.45, 7) is 5.71. The number of carbonyl (C=O) groups excluding carboxylic acids is 1. The van der Waals surface area contributed by atoms with Crippen molar-refractivity contribution < 1.29 is 40.9 Å². The van der Waals surface area contributed by atoms with Crippen LogP contribution in [0.15, 0.2) is 47.6 Å². The molecule has 2 N–H and O–H groups in total. The largest absolute Gasteiger partial charge is 1.00 e. The molecule has 2 aliphatic rings. The molecule has 1 atom stereocenters. The van der Waals surface area contributed by atoms with Gasteiger partial charge in [-0.05, 0) is 37.5 Å². The van der Waals surface area contributed by atoms with Gasteiger partial charge in [-0.1, -0.05) is 25.1 Å². The second-order valence-electron chi connectivity index (χ2n) is 10.0. The van der Waals surface area contributed by atoms with E-state index >= 15 is 0 Å². The Hall–Kier alpha value is -4.13. The highest BCUT2D eigenvalue weighted by Gasteiger charge is 2.51. The van der Waals surface area contributed by atoms with Crippen molar-refractivity contribution in [3.05, 3.63) is 74.0 Å². The number of aromatic amines is 1. The first-order valence-electron chi connectivity index (χ1n) is 13.4. The maximum Gasteiger partial charge on any atom is 0.311 e. The number of ether oxygens (including phenoxy) is 1. The van der Waals surface area contributed by atoms with Crippen LogP contribution in [0.3, 0.4) is 0 Å². The summed E-state index contributed by atoms with van der Waals surface area (Å²) in [7, 11) is 0. The number of nitrogens with one attached hydrogen (secondary N) is 2. The zero-order valence-corrected chi connectivity index (χ0v) is 24.4. The van der Waals surface area contributed by atoms with Crippen LogP contribution in [0.25, 0.3) is 10.9 Å². The quantitative estimate of drug-likeness (QED) is 0.121. The van der Waals surface area contributed by atoms with Gasteiger partial charge >= 0.3 is 11.7 Å². The van der Waals surface area contributed by atoms with Gasteiger partial charge < -0.3 is 26.7 Å². The minimum atomic E-state index is -0.694. The van der Waals surface area contributed by atoms with Gasteiger partial charge in [-0.25, -0.2) is 4.58 Å². The highest BCUT2D eigenvalue weighted by atomic mass is 79.9. The standard InChI is InChI=1S/C28H30N6O6.BrH/c1-3-28(13-7-14-32-15-12-20-19-8-5-6-9-21(19)29-26(20)27(28)32)24(17-25(35)40-4-2)31-30-22-11-10-18(33(36)37)16-23(22)34(38)39;/h5-6,8-11,16,30H,3-4,7,12-15,17H2,1-2H3;1H. The molecule has 2 aliphatic heterocycles. The van der Waals surface area contributed by atoms with E-state index in [9.17, 15) is 25.0 Å². The summed E-state index contributed by atoms with van der Waals surface area (Å²) >= 11 is 0. The van der Waals surface area contributed by atoms with Crippen molar-refractivity contribution in [2.24, 2.45) is 10.5 Å². The van der Waals surface area contributed by atoms with Gasteiger partial charge in [-0.3, -0.25) is 30.4 Å². The molecule has 0 radical (unpaired) electrons. The molecule has 0 spiro atoms. The van der Waals surface area contributed by atoms with Gasteiger partial charge in [-0.2, -0.15) is 5.10 Å². The number of hydrazone groups is 1. The predicted molar refractivity (Wildman–Crippen MR) is 150 cm³/mol. The van der Waals surface area contributed by atoms with E-state index < -0.39 is 32.6 Å². The molecule has 2 aromatic carbocycles. The van der Waals surface area contributed by atoms with Crippen LogP contribution in [0, 0.1) is 25.6 Å². The molecule has 216 valence electrons. The molecule has 3 heterocycles. The van der Waals surface area contributed by atoms with Crippen molar-refractivity contribution in [3.8, 4) is 0 Å². The number of hydrogen-bond acceptors (Lipinski definition) is 8. The second-order valence-corrected chi connectivity index (χ2v) is 10.0. The molecule has 0 bridgehead atoms. The van der Waals surface area contributed by atoms with Gasteiger partial charge in [0.1, 0.15) is 24.5 Å². The van der Waals surface area contributed by atoms with Gasteiger partial charge in [0.25, 0.3) is 5.69 Å². The minimum absolute atomic E-state index is 0. The number of nitro groups is 2. The minimum Gasteiger partial charge on any atom is -1.00 e. The molecular formula is C28H31BrN6O6. The number of aromatic nitrogens is 1. The van der Waals surface area contributed by atoms with Gasteiger partial charge in [-0.15, -0.1) is 0 Å². The van der Waals surface area contributed by atoms with Crippen molar-refractivity contribution in [1.82, 2.24) is 4.98 Å². The number of fused-ring (bicyclic) bond motifs is 4. The number of hydrogen-bond donors (Lipinski definition) is 2. The van der Waals surface area contributed by atoms with E-state index in [1.165, 1.54) is 23.1 Å². The number of benzene rings is 2. The fourth-order valence-electron chi connectivity index (χ4n) is 6.13. The average molecular weight is 627 g/mol.